The summed E-state index contributed by atoms with van der Waals surface area (Å²) >= 11 is 0. The lowest BCUT2D eigenvalue weighted by molar-refractivity contribution is -0.138. The summed E-state index contributed by atoms with van der Waals surface area (Å²) in [6, 6.07) is -0.201. The molecule has 0 spiro atoms. The number of hydrogen-bond acceptors (Lipinski definition) is 3. The van der Waals surface area contributed by atoms with Crippen LogP contribution in [0, 0.1) is 17.8 Å². The van der Waals surface area contributed by atoms with Gasteiger partial charge < -0.3 is 16.2 Å². The smallest absolute Gasteiger partial charge is 0.303 e. The third kappa shape index (κ3) is 7.27. The van der Waals surface area contributed by atoms with Gasteiger partial charge in [-0.2, -0.15) is 0 Å². The summed E-state index contributed by atoms with van der Waals surface area (Å²) in [7, 11) is 0. The molecule has 0 heterocycles. The molecule has 0 aliphatic rings. The van der Waals surface area contributed by atoms with Crippen LogP contribution < -0.4 is 11.1 Å². The molecule has 0 fully saturated rings. The molecule has 4 N–H and O–H groups in total. The second kappa shape index (κ2) is 8.08. The number of hydrogen-bond donors (Lipinski definition) is 3. The fraction of sp³-hybridized carbons (Fsp3) is 0.846. The number of aliphatic carboxylic acids is 1. The minimum absolute atomic E-state index is 0.0215. The molecule has 0 rings (SSSR count). The number of carbonyl (C=O) groups is 2. The van der Waals surface area contributed by atoms with Crippen LogP contribution in [-0.4, -0.2) is 29.6 Å². The van der Waals surface area contributed by atoms with Crippen molar-refractivity contribution in [2.24, 2.45) is 23.5 Å². The van der Waals surface area contributed by atoms with Crippen LogP contribution in [-0.2, 0) is 9.59 Å². The van der Waals surface area contributed by atoms with E-state index in [2.05, 4.69) is 5.32 Å². The fourth-order valence-corrected chi connectivity index (χ4v) is 1.80. The maximum atomic E-state index is 11.7. The van der Waals surface area contributed by atoms with Gasteiger partial charge in [0.25, 0.3) is 0 Å². The summed E-state index contributed by atoms with van der Waals surface area (Å²) in [5.74, 6) is -0.794. The predicted octanol–water partition coefficient (Wildman–Crippen LogP) is 1.22. The lowest BCUT2D eigenvalue weighted by Crippen LogP contribution is -2.40. The van der Waals surface area contributed by atoms with Gasteiger partial charge in [0.05, 0.1) is 0 Å². The summed E-state index contributed by atoms with van der Waals surface area (Å²) in [6.45, 7) is 8.05. The monoisotopic (exact) mass is 258 g/mol. The molecular weight excluding hydrogens is 232 g/mol. The Morgan fingerprint density at radius 3 is 2.17 bits per heavy atom. The van der Waals surface area contributed by atoms with Crippen molar-refractivity contribution in [3.63, 3.8) is 0 Å². The summed E-state index contributed by atoms with van der Waals surface area (Å²) in [6.07, 6.45) is 0.879. The summed E-state index contributed by atoms with van der Waals surface area (Å²) < 4.78 is 0. The lowest BCUT2D eigenvalue weighted by Gasteiger charge is -2.20. The SMILES string of the molecule is CC(C)C[C@H](CNC(=O)C(C)C(C)N)CC(=O)O. The van der Waals surface area contributed by atoms with Crippen LogP contribution in [0.15, 0.2) is 0 Å². The molecule has 3 atom stereocenters. The quantitative estimate of drug-likeness (QED) is 0.610. The Hall–Kier alpha value is -1.10. The molecule has 0 saturated heterocycles. The van der Waals surface area contributed by atoms with Gasteiger partial charge in [-0.25, -0.2) is 0 Å². The second-order valence-corrected chi connectivity index (χ2v) is 5.49. The minimum Gasteiger partial charge on any atom is -0.481 e. The zero-order valence-corrected chi connectivity index (χ0v) is 11.8. The van der Waals surface area contributed by atoms with E-state index in [0.29, 0.717) is 12.5 Å². The summed E-state index contributed by atoms with van der Waals surface area (Å²) in [5, 5.41) is 11.6. The van der Waals surface area contributed by atoms with E-state index in [1.165, 1.54) is 0 Å². The minimum atomic E-state index is -0.824. The van der Waals surface area contributed by atoms with E-state index < -0.39 is 5.97 Å². The molecule has 0 aromatic rings. The first-order valence-corrected chi connectivity index (χ1v) is 6.49. The van der Waals surface area contributed by atoms with E-state index in [-0.39, 0.29) is 30.2 Å². The van der Waals surface area contributed by atoms with E-state index in [4.69, 9.17) is 10.8 Å². The maximum Gasteiger partial charge on any atom is 0.303 e. The van der Waals surface area contributed by atoms with Gasteiger partial charge in [-0.1, -0.05) is 20.8 Å². The maximum absolute atomic E-state index is 11.7. The molecule has 5 heteroatoms. The van der Waals surface area contributed by atoms with Crippen LogP contribution in [0.1, 0.15) is 40.5 Å². The largest absolute Gasteiger partial charge is 0.481 e. The topological polar surface area (TPSA) is 92.4 Å². The molecule has 18 heavy (non-hydrogen) atoms. The van der Waals surface area contributed by atoms with Crippen molar-refractivity contribution < 1.29 is 14.7 Å². The summed E-state index contributed by atoms with van der Waals surface area (Å²) in [4.78, 5) is 22.5. The van der Waals surface area contributed by atoms with Crippen molar-refractivity contribution in [3.8, 4) is 0 Å². The Morgan fingerprint density at radius 2 is 1.78 bits per heavy atom. The van der Waals surface area contributed by atoms with Gasteiger partial charge in [0.2, 0.25) is 5.91 Å². The molecule has 1 amide bonds. The predicted molar refractivity (Wildman–Crippen MR) is 71.0 cm³/mol. The standard InChI is InChI=1S/C13H26N2O3/c1-8(2)5-11(6-12(16)17)7-15-13(18)9(3)10(4)14/h8-11H,5-7,14H2,1-4H3,(H,15,18)(H,16,17)/t9?,10?,11-/m0/s1. The number of amides is 1. The van der Waals surface area contributed by atoms with Crippen LogP contribution in [0.4, 0.5) is 0 Å². The van der Waals surface area contributed by atoms with E-state index in [1.54, 1.807) is 13.8 Å². The third-order valence-electron chi connectivity index (χ3n) is 3.04. The van der Waals surface area contributed by atoms with Gasteiger partial charge in [-0.3, -0.25) is 9.59 Å². The van der Waals surface area contributed by atoms with E-state index >= 15 is 0 Å². The van der Waals surface area contributed by atoms with Crippen molar-refractivity contribution in [1.29, 1.82) is 0 Å². The number of nitrogens with two attached hydrogens (primary N) is 1. The van der Waals surface area contributed by atoms with E-state index in [1.807, 2.05) is 13.8 Å². The number of nitrogens with one attached hydrogen (secondary N) is 1. The molecule has 106 valence electrons. The Balaban J connectivity index is 4.24. The Labute approximate surface area is 109 Å². The number of carboxylic acids is 1. The highest BCUT2D eigenvalue weighted by Gasteiger charge is 2.20. The van der Waals surface area contributed by atoms with Crippen molar-refractivity contribution >= 4 is 11.9 Å². The Morgan fingerprint density at radius 1 is 1.22 bits per heavy atom. The number of carboxylic acid groups (broad SMARTS) is 1. The van der Waals surface area contributed by atoms with Gasteiger partial charge in [0.15, 0.2) is 0 Å². The summed E-state index contributed by atoms with van der Waals surface area (Å²) in [5.41, 5.74) is 5.65. The fourth-order valence-electron chi connectivity index (χ4n) is 1.80. The van der Waals surface area contributed by atoms with Gasteiger partial charge in [-0.15, -0.1) is 0 Å². The average Bonchev–Trinajstić information content (AvgIpc) is 2.22. The molecule has 0 aliphatic carbocycles. The molecule has 2 unspecified atom stereocenters. The Kier molecular flexibility index (Phi) is 7.59. The third-order valence-corrected chi connectivity index (χ3v) is 3.04. The first kappa shape index (κ1) is 16.9. The molecular formula is C13H26N2O3. The molecule has 0 aromatic heterocycles. The van der Waals surface area contributed by atoms with Gasteiger partial charge >= 0.3 is 5.97 Å². The highest BCUT2D eigenvalue weighted by atomic mass is 16.4. The molecule has 0 bridgehead atoms. The Bertz CT molecular complexity index is 277. The van der Waals surface area contributed by atoms with Crippen molar-refractivity contribution in [2.75, 3.05) is 6.54 Å². The molecule has 0 saturated carbocycles. The van der Waals surface area contributed by atoms with Crippen LogP contribution in [0.2, 0.25) is 0 Å². The zero-order chi connectivity index (χ0) is 14.3. The van der Waals surface area contributed by atoms with Crippen molar-refractivity contribution in [1.82, 2.24) is 5.32 Å². The molecule has 5 nitrogen and oxygen atoms in total. The molecule has 0 aromatic carbocycles. The van der Waals surface area contributed by atoms with Gasteiger partial charge in [0, 0.05) is 24.9 Å². The lowest BCUT2D eigenvalue weighted by atomic mass is 9.93. The van der Waals surface area contributed by atoms with Crippen molar-refractivity contribution in [2.45, 2.75) is 46.6 Å². The van der Waals surface area contributed by atoms with E-state index in [0.717, 1.165) is 6.42 Å². The average molecular weight is 258 g/mol. The molecule has 0 aliphatic heterocycles. The first-order chi connectivity index (χ1) is 8.23. The normalized spacial score (nSPS) is 16.1. The van der Waals surface area contributed by atoms with Crippen LogP contribution in [0.3, 0.4) is 0 Å². The zero-order valence-electron chi connectivity index (χ0n) is 11.8. The first-order valence-electron chi connectivity index (χ1n) is 6.49. The number of rotatable bonds is 8. The van der Waals surface area contributed by atoms with Crippen LogP contribution >= 0.6 is 0 Å². The highest BCUT2D eigenvalue weighted by Crippen LogP contribution is 2.15. The molecule has 0 radical (unpaired) electrons. The highest BCUT2D eigenvalue weighted by molar-refractivity contribution is 5.79. The van der Waals surface area contributed by atoms with Gasteiger partial charge in [0.1, 0.15) is 0 Å². The second-order valence-electron chi connectivity index (χ2n) is 5.49. The van der Waals surface area contributed by atoms with Crippen molar-refractivity contribution in [3.05, 3.63) is 0 Å². The van der Waals surface area contributed by atoms with E-state index in [9.17, 15) is 9.59 Å². The number of carbonyl (C=O) groups excluding carboxylic acids is 1. The van der Waals surface area contributed by atoms with Gasteiger partial charge in [-0.05, 0) is 25.2 Å². The van der Waals surface area contributed by atoms with Crippen LogP contribution in [0.25, 0.3) is 0 Å². The van der Waals surface area contributed by atoms with Crippen LogP contribution in [0.5, 0.6) is 0 Å².